The van der Waals surface area contributed by atoms with Crippen LogP contribution >= 0.6 is 0 Å². The van der Waals surface area contributed by atoms with E-state index in [1.165, 1.54) is 6.20 Å². The number of anilines is 1. The van der Waals surface area contributed by atoms with E-state index in [1.54, 1.807) is 31.3 Å². The highest BCUT2D eigenvalue weighted by Crippen LogP contribution is 2.28. The molecule has 0 aliphatic heterocycles. The molecule has 1 heterocycles. The van der Waals surface area contributed by atoms with E-state index < -0.39 is 11.0 Å². The summed E-state index contributed by atoms with van der Waals surface area (Å²) in [6.45, 7) is 2.28. The number of rotatable bonds is 8. The summed E-state index contributed by atoms with van der Waals surface area (Å²) in [6, 6.07) is 17.0. The smallest absolute Gasteiger partial charge is 0.310 e. The third-order valence-corrected chi connectivity index (χ3v) is 4.28. The molecule has 1 atom stereocenters. The van der Waals surface area contributed by atoms with Gasteiger partial charge in [0, 0.05) is 12.7 Å². The van der Waals surface area contributed by atoms with Crippen LogP contribution in [0, 0.1) is 17.0 Å². The van der Waals surface area contributed by atoms with E-state index in [0.29, 0.717) is 29.2 Å². The molecule has 28 heavy (non-hydrogen) atoms. The quantitative estimate of drug-likeness (QED) is 0.453. The van der Waals surface area contributed by atoms with Crippen molar-refractivity contribution in [3.63, 3.8) is 0 Å². The Morgan fingerprint density at radius 1 is 1.18 bits per heavy atom. The van der Waals surface area contributed by atoms with Gasteiger partial charge in [-0.15, -0.1) is 0 Å². The lowest BCUT2D eigenvalue weighted by atomic mass is 10.1. The molecule has 1 aromatic heterocycles. The summed E-state index contributed by atoms with van der Waals surface area (Å²) in [6.07, 6.45) is 1.88. The number of aryl methyl sites for hydroxylation is 1. The number of hydrogen-bond acceptors (Lipinski definition) is 6. The van der Waals surface area contributed by atoms with Crippen molar-refractivity contribution in [1.82, 2.24) is 4.98 Å². The molecule has 0 saturated heterocycles. The maximum atomic E-state index is 11.2. The van der Waals surface area contributed by atoms with E-state index in [4.69, 9.17) is 4.74 Å². The van der Waals surface area contributed by atoms with E-state index in [9.17, 15) is 15.2 Å². The zero-order chi connectivity index (χ0) is 19.9. The predicted octanol–water partition coefficient (Wildman–Crippen LogP) is 4.02. The lowest BCUT2D eigenvalue weighted by Crippen LogP contribution is -2.14. The number of ether oxygens (including phenoxy) is 1. The van der Waals surface area contributed by atoms with Crippen LogP contribution in [0.4, 0.5) is 11.4 Å². The SMILES string of the molecule is Cc1cncc([N+](=O)[O-])c1NCC(O)c1cccc(OCc2ccccc2)c1. The van der Waals surface area contributed by atoms with Crippen molar-refractivity contribution in [3.05, 3.63) is 93.8 Å². The summed E-state index contributed by atoms with van der Waals surface area (Å²) >= 11 is 0. The molecule has 3 aromatic rings. The van der Waals surface area contributed by atoms with E-state index in [2.05, 4.69) is 10.3 Å². The fourth-order valence-electron chi connectivity index (χ4n) is 2.79. The van der Waals surface area contributed by atoms with Gasteiger partial charge in [-0.1, -0.05) is 42.5 Å². The lowest BCUT2D eigenvalue weighted by molar-refractivity contribution is -0.384. The molecule has 144 valence electrons. The Bertz CT molecular complexity index is 947. The molecular weight excluding hydrogens is 358 g/mol. The van der Waals surface area contributed by atoms with Crippen molar-refractivity contribution in [3.8, 4) is 5.75 Å². The number of nitrogens with zero attached hydrogens (tertiary/aromatic N) is 2. The van der Waals surface area contributed by atoms with Crippen LogP contribution in [-0.4, -0.2) is 21.6 Å². The normalized spacial score (nSPS) is 11.6. The van der Waals surface area contributed by atoms with Crippen molar-refractivity contribution in [1.29, 1.82) is 0 Å². The Hall–Kier alpha value is -3.45. The number of benzene rings is 2. The summed E-state index contributed by atoms with van der Waals surface area (Å²) < 4.78 is 5.79. The van der Waals surface area contributed by atoms with Crippen molar-refractivity contribution >= 4 is 11.4 Å². The minimum Gasteiger partial charge on any atom is -0.489 e. The molecule has 0 amide bonds. The fourth-order valence-corrected chi connectivity index (χ4v) is 2.79. The highest BCUT2D eigenvalue weighted by Gasteiger charge is 2.18. The number of aliphatic hydroxyl groups excluding tert-OH is 1. The summed E-state index contributed by atoms with van der Waals surface area (Å²) in [4.78, 5) is 14.5. The molecule has 0 aliphatic carbocycles. The zero-order valence-corrected chi connectivity index (χ0v) is 15.4. The summed E-state index contributed by atoms with van der Waals surface area (Å²) in [7, 11) is 0. The zero-order valence-electron chi connectivity index (χ0n) is 15.4. The van der Waals surface area contributed by atoms with E-state index >= 15 is 0 Å². The van der Waals surface area contributed by atoms with Gasteiger partial charge >= 0.3 is 5.69 Å². The Morgan fingerprint density at radius 3 is 2.71 bits per heavy atom. The molecule has 7 nitrogen and oxygen atoms in total. The third-order valence-electron chi connectivity index (χ3n) is 4.28. The van der Waals surface area contributed by atoms with Crippen LogP contribution in [-0.2, 0) is 6.61 Å². The fraction of sp³-hybridized carbons (Fsp3) is 0.190. The average Bonchev–Trinajstić information content (AvgIpc) is 2.72. The monoisotopic (exact) mass is 379 g/mol. The summed E-state index contributed by atoms with van der Waals surface area (Å²) in [5.74, 6) is 0.645. The number of nitrogens with one attached hydrogen (secondary N) is 1. The molecule has 2 aromatic carbocycles. The lowest BCUT2D eigenvalue weighted by Gasteiger charge is -2.15. The van der Waals surface area contributed by atoms with Crippen LogP contribution < -0.4 is 10.1 Å². The molecule has 7 heteroatoms. The average molecular weight is 379 g/mol. The first-order chi connectivity index (χ1) is 13.5. The van der Waals surface area contributed by atoms with Gasteiger partial charge in [-0.3, -0.25) is 15.1 Å². The number of aromatic nitrogens is 1. The van der Waals surface area contributed by atoms with E-state index in [0.717, 1.165) is 5.56 Å². The highest BCUT2D eigenvalue weighted by molar-refractivity contribution is 5.64. The number of hydrogen-bond donors (Lipinski definition) is 2. The second-order valence-corrected chi connectivity index (χ2v) is 6.35. The van der Waals surface area contributed by atoms with Crippen molar-refractivity contribution in [2.24, 2.45) is 0 Å². The van der Waals surface area contributed by atoms with Gasteiger partial charge in [0.2, 0.25) is 0 Å². The predicted molar refractivity (Wildman–Crippen MR) is 106 cm³/mol. The molecule has 1 unspecified atom stereocenters. The molecule has 0 fully saturated rings. The molecule has 0 bridgehead atoms. The molecule has 3 rings (SSSR count). The van der Waals surface area contributed by atoms with Crippen LogP contribution in [0.5, 0.6) is 5.75 Å². The minimum absolute atomic E-state index is 0.118. The van der Waals surface area contributed by atoms with Gasteiger partial charge < -0.3 is 15.2 Å². The molecule has 2 N–H and O–H groups in total. The minimum atomic E-state index is -0.854. The van der Waals surface area contributed by atoms with Gasteiger partial charge in [0.15, 0.2) is 0 Å². The van der Waals surface area contributed by atoms with Crippen LogP contribution in [0.25, 0.3) is 0 Å². The van der Waals surface area contributed by atoms with Crippen LogP contribution in [0.1, 0.15) is 22.8 Å². The van der Waals surface area contributed by atoms with Gasteiger partial charge in [0.05, 0.1) is 11.0 Å². The first-order valence-corrected chi connectivity index (χ1v) is 8.82. The van der Waals surface area contributed by atoms with Crippen LogP contribution in [0.2, 0.25) is 0 Å². The number of pyridine rings is 1. The molecule has 0 aliphatic rings. The van der Waals surface area contributed by atoms with E-state index in [-0.39, 0.29) is 12.2 Å². The Kier molecular flexibility index (Phi) is 6.18. The van der Waals surface area contributed by atoms with E-state index in [1.807, 2.05) is 36.4 Å². The molecular formula is C21H21N3O4. The first-order valence-electron chi connectivity index (χ1n) is 8.82. The summed E-state index contributed by atoms with van der Waals surface area (Å²) in [5.41, 5.74) is 2.59. The highest BCUT2D eigenvalue weighted by atomic mass is 16.6. The van der Waals surface area contributed by atoms with Gasteiger partial charge in [-0.2, -0.15) is 0 Å². The number of nitro groups is 1. The van der Waals surface area contributed by atoms with Gasteiger partial charge in [0.25, 0.3) is 0 Å². The van der Waals surface area contributed by atoms with Crippen molar-refractivity contribution in [2.45, 2.75) is 19.6 Å². The Labute approximate surface area is 162 Å². The molecule has 0 spiro atoms. The largest absolute Gasteiger partial charge is 0.489 e. The second kappa shape index (κ2) is 8.96. The van der Waals surface area contributed by atoms with Gasteiger partial charge in [-0.25, -0.2) is 0 Å². The van der Waals surface area contributed by atoms with Gasteiger partial charge in [-0.05, 0) is 35.7 Å². The molecule has 0 saturated carbocycles. The molecule has 0 radical (unpaired) electrons. The Balaban J connectivity index is 1.65. The summed E-state index contributed by atoms with van der Waals surface area (Å²) in [5, 5.41) is 24.6. The maximum Gasteiger partial charge on any atom is 0.310 e. The van der Waals surface area contributed by atoms with Crippen molar-refractivity contribution in [2.75, 3.05) is 11.9 Å². The number of aliphatic hydroxyl groups is 1. The van der Waals surface area contributed by atoms with Gasteiger partial charge in [0.1, 0.15) is 24.2 Å². The second-order valence-electron chi connectivity index (χ2n) is 6.35. The standard InChI is InChI=1S/C21H21N3O4/c1-15-11-22-12-19(24(26)27)21(15)23-13-20(25)17-8-5-9-18(10-17)28-14-16-6-3-2-4-7-16/h2-12,20,25H,13-14H2,1H3,(H,22,23). The maximum absolute atomic E-state index is 11.2. The Morgan fingerprint density at radius 2 is 1.96 bits per heavy atom. The van der Waals surface area contributed by atoms with Crippen LogP contribution in [0.3, 0.4) is 0 Å². The van der Waals surface area contributed by atoms with Crippen LogP contribution in [0.15, 0.2) is 67.0 Å². The van der Waals surface area contributed by atoms with Crippen molar-refractivity contribution < 1.29 is 14.8 Å². The third kappa shape index (κ3) is 4.83. The first kappa shape index (κ1) is 19.3. The topological polar surface area (TPSA) is 97.5 Å².